The largest absolute Gasteiger partial charge is 0.354 e. The number of carbonyl (C=O) groups excluding carboxylic acids is 2. The van der Waals surface area contributed by atoms with Crippen LogP contribution in [0.5, 0.6) is 0 Å². The minimum Gasteiger partial charge on any atom is -0.354 e. The van der Waals surface area contributed by atoms with Gasteiger partial charge >= 0.3 is 0 Å². The number of rotatable bonds is 12. The molecule has 0 saturated heterocycles. The first-order valence-electron chi connectivity index (χ1n) is 11.9. The van der Waals surface area contributed by atoms with Gasteiger partial charge in [-0.2, -0.15) is 0 Å². The van der Waals surface area contributed by atoms with Crippen LogP contribution in [0, 0.1) is 6.92 Å². The molecule has 2 amide bonds. The van der Waals surface area contributed by atoms with E-state index in [1.165, 1.54) is 5.56 Å². The molecule has 178 valence electrons. The Balaban J connectivity index is 1.82. The fourth-order valence-electron chi connectivity index (χ4n) is 3.73. The van der Waals surface area contributed by atoms with Crippen LogP contribution in [0.15, 0.2) is 89.8 Å². The molecular formula is C29H34N2O2S. The maximum Gasteiger partial charge on any atom is 0.243 e. The highest BCUT2D eigenvalue weighted by molar-refractivity contribution is 7.99. The van der Waals surface area contributed by atoms with Crippen LogP contribution in [-0.2, 0) is 22.6 Å². The Morgan fingerprint density at radius 3 is 2.18 bits per heavy atom. The van der Waals surface area contributed by atoms with Gasteiger partial charge in [0.15, 0.2) is 0 Å². The van der Waals surface area contributed by atoms with E-state index in [-0.39, 0.29) is 11.8 Å². The van der Waals surface area contributed by atoms with Crippen molar-refractivity contribution >= 4 is 23.6 Å². The normalized spacial score (nSPS) is 11.6. The summed E-state index contributed by atoms with van der Waals surface area (Å²) in [6.45, 7) is 5.08. The van der Waals surface area contributed by atoms with Crippen molar-refractivity contribution < 1.29 is 9.59 Å². The number of aryl methyl sites for hydroxylation is 1. The number of benzene rings is 3. The lowest BCUT2D eigenvalue weighted by Crippen LogP contribution is -2.50. The van der Waals surface area contributed by atoms with Gasteiger partial charge in [0, 0.05) is 36.6 Å². The highest BCUT2D eigenvalue weighted by Crippen LogP contribution is 2.21. The molecule has 3 aromatic carbocycles. The van der Waals surface area contributed by atoms with Crippen molar-refractivity contribution in [2.75, 3.05) is 12.3 Å². The average molecular weight is 475 g/mol. The van der Waals surface area contributed by atoms with Crippen LogP contribution < -0.4 is 5.32 Å². The van der Waals surface area contributed by atoms with E-state index in [4.69, 9.17) is 0 Å². The molecule has 0 aliphatic rings. The summed E-state index contributed by atoms with van der Waals surface area (Å²) in [4.78, 5) is 29.7. The van der Waals surface area contributed by atoms with Gasteiger partial charge in [0.25, 0.3) is 0 Å². The fourth-order valence-corrected chi connectivity index (χ4v) is 4.59. The van der Waals surface area contributed by atoms with E-state index in [9.17, 15) is 9.59 Å². The summed E-state index contributed by atoms with van der Waals surface area (Å²) in [5, 5.41) is 3.03. The number of nitrogens with zero attached hydrogens (tertiary/aromatic N) is 1. The highest BCUT2D eigenvalue weighted by Gasteiger charge is 2.30. The maximum atomic E-state index is 13.5. The van der Waals surface area contributed by atoms with Crippen molar-refractivity contribution in [2.24, 2.45) is 0 Å². The monoisotopic (exact) mass is 474 g/mol. The van der Waals surface area contributed by atoms with Crippen molar-refractivity contribution in [3.05, 3.63) is 102 Å². The number of thioether (sulfide) groups is 1. The molecule has 0 fully saturated rings. The van der Waals surface area contributed by atoms with E-state index in [1.807, 2.05) is 86.6 Å². The van der Waals surface area contributed by atoms with Crippen LogP contribution >= 0.6 is 11.8 Å². The third-order valence-electron chi connectivity index (χ3n) is 5.62. The first-order valence-corrected chi connectivity index (χ1v) is 12.9. The molecule has 34 heavy (non-hydrogen) atoms. The quantitative estimate of drug-likeness (QED) is 0.346. The van der Waals surface area contributed by atoms with Crippen LogP contribution in [-0.4, -0.2) is 35.1 Å². The van der Waals surface area contributed by atoms with Crippen LogP contribution in [0.2, 0.25) is 0 Å². The first-order chi connectivity index (χ1) is 16.6. The van der Waals surface area contributed by atoms with Crippen molar-refractivity contribution in [1.82, 2.24) is 10.2 Å². The molecule has 4 nitrogen and oxygen atoms in total. The number of hydrogen-bond donors (Lipinski definition) is 1. The Morgan fingerprint density at radius 1 is 0.882 bits per heavy atom. The molecule has 5 heteroatoms. The van der Waals surface area contributed by atoms with Gasteiger partial charge < -0.3 is 10.2 Å². The van der Waals surface area contributed by atoms with Crippen LogP contribution in [0.4, 0.5) is 0 Å². The Kier molecular flexibility index (Phi) is 10.2. The van der Waals surface area contributed by atoms with E-state index in [1.54, 1.807) is 16.7 Å². The number of carbonyl (C=O) groups is 2. The van der Waals surface area contributed by atoms with E-state index in [2.05, 4.69) is 17.4 Å². The topological polar surface area (TPSA) is 49.4 Å². The van der Waals surface area contributed by atoms with Crippen molar-refractivity contribution in [2.45, 2.75) is 50.6 Å². The molecule has 3 rings (SSSR count). The molecule has 0 saturated carbocycles. The highest BCUT2D eigenvalue weighted by atomic mass is 32.2. The smallest absolute Gasteiger partial charge is 0.243 e. The van der Waals surface area contributed by atoms with Crippen LogP contribution in [0.1, 0.15) is 36.5 Å². The second kappa shape index (κ2) is 13.6. The molecule has 0 unspecified atom stereocenters. The number of nitrogens with one attached hydrogen (secondary N) is 1. The minimum atomic E-state index is -0.565. The maximum absolute atomic E-state index is 13.5. The molecule has 0 spiro atoms. The third kappa shape index (κ3) is 8.07. The summed E-state index contributed by atoms with van der Waals surface area (Å²) in [5.41, 5.74) is 3.23. The molecule has 0 heterocycles. The van der Waals surface area contributed by atoms with E-state index >= 15 is 0 Å². The summed E-state index contributed by atoms with van der Waals surface area (Å²) < 4.78 is 0. The first kappa shape index (κ1) is 25.6. The van der Waals surface area contributed by atoms with Crippen molar-refractivity contribution in [3.63, 3.8) is 0 Å². The predicted octanol–water partition coefficient (Wildman–Crippen LogP) is 5.64. The number of amides is 2. The molecule has 0 bridgehead atoms. The van der Waals surface area contributed by atoms with Crippen LogP contribution in [0.25, 0.3) is 0 Å². The van der Waals surface area contributed by atoms with Gasteiger partial charge in [-0.3, -0.25) is 9.59 Å². The molecular weight excluding hydrogens is 440 g/mol. The van der Waals surface area contributed by atoms with Gasteiger partial charge in [-0.15, -0.1) is 11.8 Å². The zero-order chi connectivity index (χ0) is 24.2. The standard InChI is InChI=1S/C29H34N2O2S/c1-3-19-30-29(33)27(21-24-10-6-4-7-11-24)31(22-25-16-14-23(2)15-17-25)28(32)18-20-34-26-12-8-5-9-13-26/h4-17,27H,3,18-22H2,1-2H3,(H,30,33)/t27-/m0/s1. The van der Waals surface area contributed by atoms with Crippen molar-refractivity contribution in [1.29, 1.82) is 0 Å². The van der Waals surface area contributed by atoms with Gasteiger partial charge in [0.2, 0.25) is 11.8 Å². The Labute approximate surface area is 207 Å². The summed E-state index contributed by atoms with van der Waals surface area (Å²) in [5.74, 6) is 0.570. The molecule has 0 aliphatic heterocycles. The molecule has 1 atom stereocenters. The molecule has 0 aliphatic carbocycles. The lowest BCUT2D eigenvalue weighted by atomic mass is 10.0. The second-order valence-electron chi connectivity index (χ2n) is 8.42. The molecule has 3 aromatic rings. The lowest BCUT2D eigenvalue weighted by molar-refractivity contribution is -0.141. The third-order valence-corrected chi connectivity index (χ3v) is 6.64. The zero-order valence-electron chi connectivity index (χ0n) is 20.1. The fraction of sp³-hybridized carbons (Fsp3) is 0.310. The summed E-state index contributed by atoms with van der Waals surface area (Å²) in [6, 6.07) is 27.6. The van der Waals surface area contributed by atoms with Gasteiger partial charge in [0.1, 0.15) is 6.04 Å². The SMILES string of the molecule is CCCNC(=O)[C@H](Cc1ccccc1)N(Cc1ccc(C)cc1)C(=O)CCSc1ccccc1. The molecule has 1 N–H and O–H groups in total. The molecule has 0 aromatic heterocycles. The van der Waals surface area contributed by atoms with E-state index in [0.717, 1.165) is 22.4 Å². The van der Waals surface area contributed by atoms with E-state index < -0.39 is 6.04 Å². The summed E-state index contributed by atoms with van der Waals surface area (Å²) in [6.07, 6.45) is 1.71. The molecule has 0 radical (unpaired) electrons. The Morgan fingerprint density at radius 2 is 1.53 bits per heavy atom. The van der Waals surface area contributed by atoms with Gasteiger partial charge in [-0.1, -0.05) is 85.3 Å². The van der Waals surface area contributed by atoms with E-state index in [0.29, 0.717) is 31.7 Å². The Bertz CT molecular complexity index is 1020. The van der Waals surface area contributed by atoms with Gasteiger partial charge in [-0.25, -0.2) is 0 Å². The van der Waals surface area contributed by atoms with Crippen molar-refractivity contribution in [3.8, 4) is 0 Å². The minimum absolute atomic E-state index is 0.00316. The van der Waals surface area contributed by atoms with Gasteiger partial charge in [-0.05, 0) is 36.6 Å². The average Bonchev–Trinajstić information content (AvgIpc) is 2.87. The van der Waals surface area contributed by atoms with Gasteiger partial charge in [0.05, 0.1) is 0 Å². The lowest BCUT2D eigenvalue weighted by Gasteiger charge is -2.31. The number of hydrogen-bond acceptors (Lipinski definition) is 3. The zero-order valence-corrected chi connectivity index (χ0v) is 20.9. The summed E-state index contributed by atoms with van der Waals surface area (Å²) >= 11 is 1.66. The predicted molar refractivity (Wildman–Crippen MR) is 141 cm³/mol. The summed E-state index contributed by atoms with van der Waals surface area (Å²) in [7, 11) is 0. The van der Waals surface area contributed by atoms with Crippen LogP contribution in [0.3, 0.4) is 0 Å². The second-order valence-corrected chi connectivity index (χ2v) is 9.58. The Hall–Kier alpha value is -3.05.